The molecule has 4 rings (SSSR count). The lowest BCUT2D eigenvalue weighted by Crippen LogP contribution is -2.68. The van der Waals surface area contributed by atoms with Crippen LogP contribution in [0.1, 0.15) is 69.3 Å². The molecular formula is C31H40N2O5. The minimum atomic E-state index is -0.753. The van der Waals surface area contributed by atoms with E-state index in [1.54, 1.807) is 6.07 Å². The second-order valence-electron chi connectivity index (χ2n) is 11.4. The molecule has 1 saturated heterocycles. The smallest absolute Gasteiger partial charge is 0.308 e. The van der Waals surface area contributed by atoms with Gasteiger partial charge in [0.05, 0.1) is 0 Å². The molecule has 204 valence electrons. The van der Waals surface area contributed by atoms with Gasteiger partial charge in [0.25, 0.3) is 5.91 Å². The maximum atomic E-state index is 13.8. The van der Waals surface area contributed by atoms with Gasteiger partial charge in [-0.2, -0.15) is 0 Å². The molecule has 0 radical (unpaired) electrons. The van der Waals surface area contributed by atoms with Crippen molar-refractivity contribution in [2.75, 3.05) is 26.7 Å². The summed E-state index contributed by atoms with van der Waals surface area (Å²) >= 11 is 0. The third-order valence-corrected chi connectivity index (χ3v) is 8.05. The van der Waals surface area contributed by atoms with Crippen molar-refractivity contribution >= 4 is 17.8 Å². The number of rotatable bonds is 7. The van der Waals surface area contributed by atoms with Gasteiger partial charge in [-0.05, 0) is 75.0 Å². The van der Waals surface area contributed by atoms with Crippen LogP contribution in [-0.2, 0) is 19.7 Å². The summed E-state index contributed by atoms with van der Waals surface area (Å²) in [6.07, 6.45) is 2.78. The molecule has 0 spiro atoms. The first-order valence-corrected chi connectivity index (χ1v) is 13.6. The molecule has 1 heterocycles. The van der Waals surface area contributed by atoms with Crippen molar-refractivity contribution in [3.63, 3.8) is 0 Å². The van der Waals surface area contributed by atoms with E-state index < -0.39 is 11.0 Å². The standard InChI is InChI=1S/C31H40N2O5/c1-22(2)20-33(29(36)25-10-7-6-8-11-25)27-14-15-31(38-24(4)35)21-32(5)17-16-30(31,19-27)26-12-9-13-28(18-26)37-23(3)34/h6-13,18,22,27H,14-17,19-21H2,1-5H3/t27-,30?,31?/m1/s1. The molecule has 7 nitrogen and oxygen atoms in total. The molecule has 7 heteroatoms. The van der Waals surface area contributed by atoms with Gasteiger partial charge in [0.2, 0.25) is 0 Å². The van der Waals surface area contributed by atoms with E-state index in [-0.39, 0.29) is 23.9 Å². The van der Waals surface area contributed by atoms with E-state index in [1.165, 1.54) is 13.8 Å². The first-order chi connectivity index (χ1) is 18.0. The summed E-state index contributed by atoms with van der Waals surface area (Å²) in [6.45, 7) is 9.19. The molecule has 2 aliphatic rings. The minimum Gasteiger partial charge on any atom is -0.457 e. The predicted octanol–water partition coefficient (Wildman–Crippen LogP) is 4.84. The van der Waals surface area contributed by atoms with Crippen LogP contribution in [0.3, 0.4) is 0 Å². The molecule has 0 bridgehead atoms. The first kappa shape index (κ1) is 27.8. The Bertz CT molecular complexity index is 1170. The highest BCUT2D eigenvalue weighted by molar-refractivity contribution is 5.94. The summed E-state index contributed by atoms with van der Waals surface area (Å²) in [4.78, 5) is 42.4. The Hall–Kier alpha value is -3.19. The number of carbonyl (C=O) groups excluding carboxylic acids is 3. The Balaban J connectivity index is 1.81. The van der Waals surface area contributed by atoms with E-state index in [2.05, 4.69) is 25.8 Å². The maximum absolute atomic E-state index is 13.8. The molecular weight excluding hydrogens is 480 g/mol. The number of nitrogens with zero attached hydrogens (tertiary/aromatic N) is 2. The molecule has 2 aromatic carbocycles. The van der Waals surface area contributed by atoms with Crippen LogP contribution in [-0.4, -0.2) is 66.0 Å². The van der Waals surface area contributed by atoms with Crippen LogP contribution in [0.25, 0.3) is 0 Å². The lowest BCUT2D eigenvalue weighted by molar-refractivity contribution is -0.187. The monoisotopic (exact) mass is 520 g/mol. The van der Waals surface area contributed by atoms with Crippen molar-refractivity contribution in [2.24, 2.45) is 5.92 Å². The van der Waals surface area contributed by atoms with Crippen LogP contribution >= 0.6 is 0 Å². The SMILES string of the molecule is CC(=O)Oc1cccc(C23CCN(C)CC2(OC(C)=O)CC[C@@H](N(CC(C)C)C(=O)c2ccccc2)C3)c1. The van der Waals surface area contributed by atoms with Crippen LogP contribution < -0.4 is 4.74 Å². The van der Waals surface area contributed by atoms with Gasteiger partial charge in [0.1, 0.15) is 11.4 Å². The second-order valence-corrected chi connectivity index (χ2v) is 11.4. The fourth-order valence-electron chi connectivity index (χ4n) is 6.59. The van der Waals surface area contributed by atoms with Crippen LogP contribution in [0.15, 0.2) is 54.6 Å². The number of amides is 1. The summed E-state index contributed by atoms with van der Waals surface area (Å²) in [5.41, 5.74) is 0.360. The third-order valence-electron chi connectivity index (χ3n) is 8.05. The highest BCUT2D eigenvalue weighted by Gasteiger charge is 2.61. The number of hydrogen-bond donors (Lipinski definition) is 0. The molecule has 2 fully saturated rings. The quantitative estimate of drug-likeness (QED) is 0.384. The Morgan fingerprint density at radius 3 is 2.42 bits per heavy atom. The van der Waals surface area contributed by atoms with E-state index >= 15 is 0 Å². The highest BCUT2D eigenvalue weighted by Crippen LogP contribution is 2.54. The number of fused-ring (bicyclic) bond motifs is 1. The van der Waals surface area contributed by atoms with Gasteiger partial charge >= 0.3 is 11.9 Å². The molecule has 0 N–H and O–H groups in total. The number of likely N-dealkylation sites (N-methyl/N-ethyl adjacent to an activating group) is 1. The highest BCUT2D eigenvalue weighted by atomic mass is 16.6. The van der Waals surface area contributed by atoms with Gasteiger partial charge < -0.3 is 19.3 Å². The second kappa shape index (κ2) is 11.3. The van der Waals surface area contributed by atoms with E-state index in [0.717, 1.165) is 24.9 Å². The van der Waals surface area contributed by atoms with E-state index in [4.69, 9.17) is 9.47 Å². The van der Waals surface area contributed by atoms with E-state index in [9.17, 15) is 14.4 Å². The normalized spacial score (nSPS) is 25.4. The van der Waals surface area contributed by atoms with Gasteiger partial charge in [-0.1, -0.05) is 44.2 Å². The topological polar surface area (TPSA) is 76.2 Å². The van der Waals surface area contributed by atoms with Crippen molar-refractivity contribution in [2.45, 2.75) is 70.4 Å². The van der Waals surface area contributed by atoms with Gasteiger partial charge in [-0.3, -0.25) is 14.4 Å². The van der Waals surface area contributed by atoms with E-state index in [1.807, 2.05) is 53.4 Å². The minimum absolute atomic E-state index is 0.0287. The summed E-state index contributed by atoms with van der Waals surface area (Å²) in [5.74, 6) is 0.108. The maximum Gasteiger partial charge on any atom is 0.308 e. The lowest BCUT2D eigenvalue weighted by Gasteiger charge is -2.60. The van der Waals surface area contributed by atoms with Gasteiger partial charge in [0, 0.05) is 44.0 Å². The van der Waals surface area contributed by atoms with Crippen LogP contribution in [0.2, 0.25) is 0 Å². The molecule has 3 atom stereocenters. The zero-order chi connectivity index (χ0) is 27.5. The molecule has 1 saturated carbocycles. The molecule has 38 heavy (non-hydrogen) atoms. The van der Waals surface area contributed by atoms with Crippen molar-refractivity contribution in [1.82, 2.24) is 9.80 Å². The zero-order valence-electron chi connectivity index (χ0n) is 23.2. The predicted molar refractivity (Wildman–Crippen MR) is 146 cm³/mol. The Morgan fingerprint density at radius 2 is 1.76 bits per heavy atom. The molecule has 2 aromatic rings. The third kappa shape index (κ3) is 5.63. The number of carbonyl (C=O) groups is 3. The number of piperidine rings is 1. The fraction of sp³-hybridized carbons (Fsp3) is 0.516. The largest absolute Gasteiger partial charge is 0.457 e. The fourth-order valence-corrected chi connectivity index (χ4v) is 6.59. The van der Waals surface area contributed by atoms with Crippen molar-refractivity contribution < 1.29 is 23.9 Å². The van der Waals surface area contributed by atoms with Gasteiger partial charge in [0.15, 0.2) is 0 Å². The van der Waals surface area contributed by atoms with Crippen molar-refractivity contribution in [1.29, 1.82) is 0 Å². The van der Waals surface area contributed by atoms with Crippen LogP contribution in [0, 0.1) is 5.92 Å². The Labute approximate surface area is 226 Å². The number of hydrogen-bond acceptors (Lipinski definition) is 6. The summed E-state index contributed by atoms with van der Waals surface area (Å²) in [6, 6.07) is 17.0. The first-order valence-electron chi connectivity index (χ1n) is 13.6. The number of likely N-dealkylation sites (tertiary alicyclic amines) is 1. The van der Waals surface area contributed by atoms with Crippen molar-refractivity contribution in [3.8, 4) is 5.75 Å². The molecule has 1 amide bonds. The van der Waals surface area contributed by atoms with Gasteiger partial charge in [-0.25, -0.2) is 0 Å². The Kier molecular flexibility index (Phi) is 8.26. The summed E-state index contributed by atoms with van der Waals surface area (Å²) in [7, 11) is 2.06. The van der Waals surface area contributed by atoms with Crippen molar-refractivity contribution in [3.05, 3.63) is 65.7 Å². The average Bonchev–Trinajstić information content (AvgIpc) is 2.86. The van der Waals surface area contributed by atoms with Gasteiger partial charge in [-0.15, -0.1) is 0 Å². The molecule has 2 unspecified atom stereocenters. The van der Waals surface area contributed by atoms with Crippen LogP contribution in [0.4, 0.5) is 0 Å². The number of ether oxygens (including phenoxy) is 2. The average molecular weight is 521 g/mol. The zero-order valence-corrected chi connectivity index (χ0v) is 23.2. The molecule has 1 aliphatic carbocycles. The number of esters is 2. The van der Waals surface area contributed by atoms with Crippen LogP contribution in [0.5, 0.6) is 5.75 Å². The molecule has 1 aliphatic heterocycles. The molecule has 0 aromatic heterocycles. The summed E-state index contributed by atoms with van der Waals surface area (Å²) < 4.78 is 11.8. The van der Waals surface area contributed by atoms with E-state index in [0.29, 0.717) is 43.2 Å². The summed E-state index contributed by atoms with van der Waals surface area (Å²) in [5, 5.41) is 0. The lowest BCUT2D eigenvalue weighted by atomic mass is 9.55. The number of benzene rings is 2. The Morgan fingerprint density at radius 1 is 1.03 bits per heavy atom.